The molecule has 1 heterocycles. The highest BCUT2D eigenvalue weighted by Gasteiger charge is 2.51. The minimum atomic E-state index is -0.108. The van der Waals surface area contributed by atoms with Crippen LogP contribution in [0.5, 0.6) is 0 Å². The van der Waals surface area contributed by atoms with Gasteiger partial charge in [-0.15, -0.1) is 0 Å². The van der Waals surface area contributed by atoms with Gasteiger partial charge in [-0.05, 0) is 51.4 Å². The van der Waals surface area contributed by atoms with Crippen molar-refractivity contribution in [3.05, 3.63) is 23.8 Å². The van der Waals surface area contributed by atoms with Crippen molar-refractivity contribution in [1.29, 1.82) is 0 Å². The van der Waals surface area contributed by atoms with Crippen LogP contribution in [0.3, 0.4) is 0 Å². The monoisotopic (exact) mass is 304 g/mol. The quantitative estimate of drug-likeness (QED) is 0.525. The lowest BCUT2D eigenvalue weighted by Gasteiger charge is -2.21. The van der Waals surface area contributed by atoms with Crippen LogP contribution < -0.4 is 0 Å². The number of ketones is 1. The summed E-state index contributed by atoms with van der Waals surface area (Å²) in [6, 6.07) is 0. The van der Waals surface area contributed by atoms with E-state index in [1.54, 1.807) is 0 Å². The number of fused-ring (bicyclic) bond motifs is 1. The van der Waals surface area contributed by atoms with E-state index in [1.165, 1.54) is 5.57 Å². The molecule has 2 rings (SSSR count). The van der Waals surface area contributed by atoms with E-state index in [0.717, 1.165) is 31.3 Å². The van der Waals surface area contributed by atoms with Crippen molar-refractivity contribution in [2.45, 2.75) is 78.4 Å². The van der Waals surface area contributed by atoms with Gasteiger partial charge in [-0.1, -0.05) is 44.6 Å². The Morgan fingerprint density at radius 2 is 2.09 bits per heavy atom. The van der Waals surface area contributed by atoms with Crippen LogP contribution >= 0.6 is 0 Å². The summed E-state index contributed by atoms with van der Waals surface area (Å²) >= 11 is 0. The molecule has 0 unspecified atom stereocenters. The topological polar surface area (TPSA) is 29.6 Å². The van der Waals surface area contributed by atoms with Crippen LogP contribution in [0.15, 0.2) is 23.8 Å². The van der Waals surface area contributed by atoms with Crippen LogP contribution in [0, 0.1) is 17.8 Å². The number of epoxide rings is 1. The Hall–Kier alpha value is -0.890. The lowest BCUT2D eigenvalue weighted by atomic mass is 9.82. The molecule has 2 heteroatoms. The van der Waals surface area contributed by atoms with Crippen molar-refractivity contribution in [1.82, 2.24) is 0 Å². The van der Waals surface area contributed by atoms with Gasteiger partial charge in [-0.3, -0.25) is 4.79 Å². The van der Waals surface area contributed by atoms with E-state index in [1.807, 2.05) is 6.92 Å². The zero-order chi connectivity index (χ0) is 16.5. The largest absolute Gasteiger partial charge is 0.366 e. The van der Waals surface area contributed by atoms with Crippen molar-refractivity contribution in [2.24, 2.45) is 17.8 Å². The average molecular weight is 304 g/mol. The maximum atomic E-state index is 12.7. The molecule has 22 heavy (non-hydrogen) atoms. The minimum Gasteiger partial charge on any atom is -0.366 e. The van der Waals surface area contributed by atoms with Crippen molar-refractivity contribution < 1.29 is 9.53 Å². The number of ether oxygens (including phenoxy) is 1. The molecule has 0 aromatic heterocycles. The fourth-order valence-electron chi connectivity index (χ4n) is 3.56. The molecular formula is C20H32O2. The van der Waals surface area contributed by atoms with Gasteiger partial charge in [0.1, 0.15) is 5.78 Å². The van der Waals surface area contributed by atoms with Gasteiger partial charge in [0.15, 0.2) is 0 Å². The van der Waals surface area contributed by atoms with E-state index in [0.29, 0.717) is 30.1 Å². The number of hydrogen-bond acceptors (Lipinski definition) is 2. The van der Waals surface area contributed by atoms with Crippen molar-refractivity contribution in [2.75, 3.05) is 0 Å². The van der Waals surface area contributed by atoms with Crippen LogP contribution in [-0.2, 0) is 9.53 Å². The lowest BCUT2D eigenvalue weighted by molar-refractivity contribution is -0.121. The number of rotatable bonds is 2. The van der Waals surface area contributed by atoms with E-state index in [9.17, 15) is 4.79 Å². The van der Waals surface area contributed by atoms with Crippen LogP contribution in [0.4, 0.5) is 0 Å². The molecule has 0 aromatic carbocycles. The van der Waals surface area contributed by atoms with E-state index < -0.39 is 0 Å². The predicted molar refractivity (Wildman–Crippen MR) is 91.8 cm³/mol. The molecule has 124 valence electrons. The molecule has 1 fully saturated rings. The molecule has 1 aliphatic carbocycles. The summed E-state index contributed by atoms with van der Waals surface area (Å²) in [5.74, 6) is 1.12. The third kappa shape index (κ3) is 4.10. The van der Waals surface area contributed by atoms with Gasteiger partial charge in [-0.25, -0.2) is 0 Å². The third-order valence-corrected chi connectivity index (χ3v) is 5.42. The van der Waals surface area contributed by atoms with Crippen LogP contribution in [0.1, 0.15) is 66.7 Å². The molecule has 0 spiro atoms. The number of allylic oxidation sites excluding steroid dienone is 3. The van der Waals surface area contributed by atoms with Crippen molar-refractivity contribution in [3.63, 3.8) is 0 Å². The number of carbonyl (C=O) groups excluding carboxylic acids is 1. The molecule has 1 aliphatic heterocycles. The normalized spacial score (nSPS) is 39.3. The van der Waals surface area contributed by atoms with Crippen molar-refractivity contribution in [3.8, 4) is 0 Å². The Morgan fingerprint density at radius 1 is 1.41 bits per heavy atom. The number of carbonyl (C=O) groups is 1. The molecule has 4 atom stereocenters. The summed E-state index contributed by atoms with van der Waals surface area (Å²) in [4.78, 5) is 12.7. The zero-order valence-electron chi connectivity index (χ0n) is 14.9. The molecule has 1 saturated heterocycles. The molecule has 0 bridgehead atoms. The van der Waals surface area contributed by atoms with Crippen LogP contribution in [0.2, 0.25) is 0 Å². The third-order valence-electron chi connectivity index (χ3n) is 5.42. The maximum absolute atomic E-state index is 12.7. The highest BCUT2D eigenvalue weighted by atomic mass is 16.6. The second kappa shape index (κ2) is 6.70. The van der Waals surface area contributed by atoms with Crippen LogP contribution in [-0.4, -0.2) is 17.5 Å². The Balaban J connectivity index is 2.26. The van der Waals surface area contributed by atoms with E-state index in [4.69, 9.17) is 4.74 Å². The van der Waals surface area contributed by atoms with Crippen molar-refractivity contribution >= 4 is 5.78 Å². The summed E-state index contributed by atoms with van der Waals surface area (Å²) < 4.78 is 5.97. The molecule has 0 radical (unpaired) electrons. The fourth-order valence-corrected chi connectivity index (χ4v) is 3.56. The summed E-state index contributed by atoms with van der Waals surface area (Å²) in [7, 11) is 0. The Morgan fingerprint density at radius 3 is 2.68 bits per heavy atom. The standard InChI is InChI=1S/C20H32O2/c1-13(2)16-9-10-20(6)19(22-20)8-7-15(5)11-18(21)17(12-16)14(3)4/h12-13,15,17,19H,3,7-11H2,1-2,4-6H3/b16-12-/t15-,17+,19-,20-/m1/s1. The Kier molecular flexibility index (Phi) is 5.32. The SMILES string of the molecule is C=C(C)[C@@H]1/C=C(\C(C)C)CC[C@@]2(C)O[C@@H]2CC[C@@H](C)CC1=O. The number of Topliss-reactive ketones (excluding diaryl/α,β-unsaturated/α-hetero) is 1. The molecule has 2 aliphatic rings. The summed E-state index contributed by atoms with van der Waals surface area (Å²) in [5.41, 5.74) is 2.42. The zero-order valence-corrected chi connectivity index (χ0v) is 14.9. The lowest BCUT2D eigenvalue weighted by Crippen LogP contribution is -2.20. The van der Waals surface area contributed by atoms with E-state index in [-0.39, 0.29) is 11.5 Å². The molecule has 0 aromatic rings. The summed E-state index contributed by atoms with van der Waals surface area (Å²) in [5, 5.41) is 0. The molecule has 0 amide bonds. The fraction of sp³-hybridized carbons (Fsp3) is 0.750. The predicted octanol–water partition coefficient (Wildman–Crippen LogP) is 5.09. The van der Waals surface area contributed by atoms with Gasteiger partial charge in [0.2, 0.25) is 0 Å². The van der Waals surface area contributed by atoms with Crippen LogP contribution in [0.25, 0.3) is 0 Å². The molecule has 0 saturated carbocycles. The van der Waals surface area contributed by atoms with Gasteiger partial charge in [-0.2, -0.15) is 0 Å². The molecular weight excluding hydrogens is 272 g/mol. The average Bonchev–Trinajstić information content (AvgIpc) is 3.05. The highest BCUT2D eigenvalue weighted by Crippen LogP contribution is 2.45. The smallest absolute Gasteiger partial charge is 0.144 e. The highest BCUT2D eigenvalue weighted by molar-refractivity contribution is 5.85. The first-order valence-corrected chi connectivity index (χ1v) is 8.79. The van der Waals surface area contributed by atoms with Gasteiger partial charge in [0.25, 0.3) is 0 Å². The maximum Gasteiger partial charge on any atom is 0.144 e. The Bertz CT molecular complexity index is 474. The Labute approximate surface area is 136 Å². The summed E-state index contributed by atoms with van der Waals surface area (Å²) in [6.07, 6.45) is 7.51. The second-order valence-electron chi connectivity index (χ2n) is 7.99. The summed E-state index contributed by atoms with van der Waals surface area (Å²) in [6.45, 7) is 14.9. The first-order chi connectivity index (χ1) is 10.2. The number of hydrogen-bond donors (Lipinski definition) is 0. The van der Waals surface area contributed by atoms with E-state index >= 15 is 0 Å². The minimum absolute atomic E-state index is 0.0651. The van der Waals surface area contributed by atoms with Gasteiger partial charge < -0.3 is 4.74 Å². The molecule has 2 nitrogen and oxygen atoms in total. The first-order valence-electron chi connectivity index (χ1n) is 8.79. The molecule has 0 N–H and O–H groups in total. The van der Waals surface area contributed by atoms with Gasteiger partial charge >= 0.3 is 0 Å². The second-order valence-corrected chi connectivity index (χ2v) is 7.99. The van der Waals surface area contributed by atoms with Gasteiger partial charge in [0, 0.05) is 6.42 Å². The van der Waals surface area contributed by atoms with Gasteiger partial charge in [0.05, 0.1) is 17.6 Å². The van der Waals surface area contributed by atoms with E-state index in [2.05, 4.69) is 40.3 Å². The first kappa shape index (κ1) is 17.5.